The van der Waals surface area contributed by atoms with Gasteiger partial charge in [-0.3, -0.25) is 9.59 Å². The minimum atomic E-state index is -1.33. The quantitative estimate of drug-likeness (QED) is 0.219. The van der Waals surface area contributed by atoms with Crippen molar-refractivity contribution in [2.75, 3.05) is 6.67 Å². The molecule has 3 unspecified atom stereocenters. The molecule has 0 aliphatic heterocycles. The molecule has 1 aliphatic rings. The second-order valence-corrected chi connectivity index (χ2v) is 8.75. The number of aliphatic hydroxyl groups excluding tert-OH is 1. The van der Waals surface area contributed by atoms with Crippen LogP contribution in [-0.4, -0.2) is 40.0 Å². The molecular weight excluding hydrogens is 411 g/mol. The van der Waals surface area contributed by atoms with Gasteiger partial charge in [0.2, 0.25) is 0 Å². The molecule has 0 saturated carbocycles. The topological polar surface area (TPSA) is 94.8 Å². The first kappa shape index (κ1) is 27.8. The Hall–Kier alpha value is -2.21. The van der Waals surface area contributed by atoms with Crippen LogP contribution in [0.2, 0.25) is 0 Å². The van der Waals surface area contributed by atoms with Gasteiger partial charge in [0, 0.05) is 0 Å². The number of carbonyl (C=O) groups is 2. The van der Waals surface area contributed by atoms with Crippen molar-refractivity contribution in [2.24, 2.45) is 23.7 Å². The van der Waals surface area contributed by atoms with E-state index >= 15 is 0 Å². The number of hydrogen-bond acceptors (Lipinski definition) is 3. The third-order valence-electron chi connectivity index (χ3n) is 6.38. The van der Waals surface area contributed by atoms with E-state index < -0.39 is 30.6 Å². The second-order valence-electron chi connectivity index (χ2n) is 8.75. The molecule has 1 rings (SSSR count). The summed E-state index contributed by atoms with van der Waals surface area (Å²) >= 11 is 0. The molecule has 1 aliphatic carbocycles. The van der Waals surface area contributed by atoms with E-state index in [0.29, 0.717) is 30.6 Å². The number of carboxylic acids is 2. The molecule has 0 aromatic carbocycles. The maximum Gasteiger partial charge on any atom is 0.317 e. The summed E-state index contributed by atoms with van der Waals surface area (Å²) in [6.45, 7) is 5.81. The Morgan fingerprint density at radius 3 is 2.41 bits per heavy atom. The first-order valence-electron chi connectivity index (χ1n) is 11.7. The van der Waals surface area contributed by atoms with Gasteiger partial charge in [0.1, 0.15) is 6.67 Å². The lowest BCUT2D eigenvalue weighted by molar-refractivity contribution is -0.154. The van der Waals surface area contributed by atoms with Crippen molar-refractivity contribution in [2.45, 2.75) is 71.8 Å². The zero-order chi connectivity index (χ0) is 24.1. The monoisotopic (exact) mass is 450 g/mol. The van der Waals surface area contributed by atoms with Crippen LogP contribution >= 0.6 is 0 Å². The summed E-state index contributed by atoms with van der Waals surface area (Å²) in [5, 5.41) is 28.4. The lowest BCUT2D eigenvalue weighted by Gasteiger charge is -2.26. The van der Waals surface area contributed by atoms with E-state index in [1.807, 2.05) is 13.0 Å². The van der Waals surface area contributed by atoms with E-state index in [4.69, 9.17) is 10.2 Å². The predicted molar refractivity (Wildman–Crippen MR) is 125 cm³/mol. The molecule has 0 heterocycles. The first-order chi connectivity index (χ1) is 15.2. The molecule has 0 fully saturated rings. The molecule has 0 aromatic heterocycles. The molecule has 0 radical (unpaired) electrons. The minimum Gasteiger partial charge on any atom is -0.481 e. The fraction of sp³-hybridized carbons (Fsp3) is 0.615. The van der Waals surface area contributed by atoms with Crippen molar-refractivity contribution >= 4 is 11.9 Å². The van der Waals surface area contributed by atoms with Gasteiger partial charge < -0.3 is 15.3 Å². The highest BCUT2D eigenvalue weighted by Crippen LogP contribution is 2.31. The molecule has 180 valence electrons. The van der Waals surface area contributed by atoms with Gasteiger partial charge in [0.05, 0.1) is 6.10 Å². The molecular formula is C26H39FO5. The van der Waals surface area contributed by atoms with Crippen LogP contribution in [0.1, 0.15) is 65.7 Å². The van der Waals surface area contributed by atoms with Crippen LogP contribution in [0.3, 0.4) is 0 Å². The van der Waals surface area contributed by atoms with Crippen LogP contribution in [-0.2, 0) is 9.59 Å². The number of rotatable bonds is 15. The zero-order valence-corrected chi connectivity index (χ0v) is 19.5. The van der Waals surface area contributed by atoms with E-state index in [1.54, 1.807) is 6.08 Å². The number of aliphatic carboxylic acids is 2. The van der Waals surface area contributed by atoms with E-state index in [9.17, 15) is 19.1 Å². The number of aliphatic hydroxyl groups is 1. The molecule has 3 N–H and O–H groups in total. The molecule has 32 heavy (non-hydrogen) atoms. The Bertz CT molecular complexity index is 708. The molecule has 0 saturated heterocycles. The number of allylic oxidation sites excluding steroid dienone is 6. The third kappa shape index (κ3) is 9.51. The van der Waals surface area contributed by atoms with Crippen molar-refractivity contribution in [3.63, 3.8) is 0 Å². The average Bonchev–Trinajstić information content (AvgIpc) is 2.76. The summed E-state index contributed by atoms with van der Waals surface area (Å²) in [5.41, 5.74) is 2.04. The lowest BCUT2D eigenvalue weighted by atomic mass is 9.80. The highest BCUT2D eigenvalue weighted by Gasteiger charge is 2.25. The Morgan fingerprint density at radius 2 is 1.88 bits per heavy atom. The Balaban J connectivity index is 2.49. The summed E-state index contributed by atoms with van der Waals surface area (Å²) in [4.78, 5) is 22.0. The SMILES string of the molecule is CC/C=C(\C=C/CF)C(O)CC[C@@H](C)C(C)C1=CCC(CCCC(C(=O)O)C(=O)O)C=C1. The van der Waals surface area contributed by atoms with Crippen LogP contribution in [0.15, 0.2) is 47.6 Å². The van der Waals surface area contributed by atoms with E-state index in [-0.39, 0.29) is 6.42 Å². The predicted octanol–water partition coefficient (Wildman–Crippen LogP) is 5.72. The van der Waals surface area contributed by atoms with Gasteiger partial charge in [0.25, 0.3) is 0 Å². The zero-order valence-electron chi connectivity index (χ0n) is 19.5. The minimum absolute atomic E-state index is 0.149. The van der Waals surface area contributed by atoms with Crippen molar-refractivity contribution in [1.29, 1.82) is 0 Å². The maximum atomic E-state index is 12.4. The van der Waals surface area contributed by atoms with Crippen LogP contribution in [0.4, 0.5) is 4.39 Å². The number of hydrogen-bond donors (Lipinski definition) is 3. The Morgan fingerprint density at radius 1 is 1.19 bits per heavy atom. The Labute approximate surface area is 191 Å². The number of carboxylic acid groups (broad SMARTS) is 2. The van der Waals surface area contributed by atoms with Gasteiger partial charge in [-0.25, -0.2) is 4.39 Å². The van der Waals surface area contributed by atoms with Crippen molar-refractivity contribution in [3.05, 3.63) is 47.6 Å². The number of halogens is 1. The average molecular weight is 451 g/mol. The largest absolute Gasteiger partial charge is 0.481 e. The maximum absolute atomic E-state index is 12.4. The van der Waals surface area contributed by atoms with Gasteiger partial charge in [-0.1, -0.05) is 63.6 Å². The molecule has 0 spiro atoms. The molecule has 0 amide bonds. The highest BCUT2D eigenvalue weighted by molar-refractivity contribution is 5.92. The van der Waals surface area contributed by atoms with Gasteiger partial charge in [-0.05, 0) is 67.4 Å². The van der Waals surface area contributed by atoms with Crippen LogP contribution in [0.25, 0.3) is 0 Å². The summed E-state index contributed by atoms with van der Waals surface area (Å²) in [6, 6.07) is 0. The fourth-order valence-corrected chi connectivity index (χ4v) is 4.07. The van der Waals surface area contributed by atoms with Crippen LogP contribution in [0, 0.1) is 23.7 Å². The van der Waals surface area contributed by atoms with E-state index in [2.05, 4.69) is 32.1 Å². The second kappa shape index (κ2) is 14.8. The van der Waals surface area contributed by atoms with Crippen LogP contribution in [0.5, 0.6) is 0 Å². The molecule has 0 aromatic rings. The normalized spacial score (nSPS) is 19.8. The molecule has 5 nitrogen and oxygen atoms in total. The van der Waals surface area contributed by atoms with E-state index in [1.165, 1.54) is 11.6 Å². The summed E-state index contributed by atoms with van der Waals surface area (Å²) in [6.07, 6.45) is 15.6. The van der Waals surface area contributed by atoms with Gasteiger partial charge in [-0.2, -0.15) is 0 Å². The summed E-state index contributed by atoms with van der Waals surface area (Å²) in [5.74, 6) is -2.87. The van der Waals surface area contributed by atoms with E-state index in [0.717, 1.165) is 31.3 Å². The van der Waals surface area contributed by atoms with Gasteiger partial charge >= 0.3 is 11.9 Å². The van der Waals surface area contributed by atoms with Crippen LogP contribution < -0.4 is 0 Å². The fourth-order valence-electron chi connectivity index (χ4n) is 4.07. The summed E-state index contributed by atoms with van der Waals surface area (Å²) < 4.78 is 12.4. The number of alkyl halides is 1. The van der Waals surface area contributed by atoms with Crippen molar-refractivity contribution < 1.29 is 29.3 Å². The third-order valence-corrected chi connectivity index (χ3v) is 6.38. The molecule has 0 bridgehead atoms. The Kier molecular flexibility index (Phi) is 12.8. The highest BCUT2D eigenvalue weighted by atomic mass is 19.1. The smallest absolute Gasteiger partial charge is 0.317 e. The van der Waals surface area contributed by atoms with Gasteiger partial charge in [-0.15, -0.1) is 0 Å². The first-order valence-corrected chi connectivity index (χ1v) is 11.7. The summed E-state index contributed by atoms with van der Waals surface area (Å²) in [7, 11) is 0. The molecule has 6 heteroatoms. The lowest BCUT2D eigenvalue weighted by Crippen LogP contribution is -2.23. The van der Waals surface area contributed by atoms with Gasteiger partial charge in [0.15, 0.2) is 5.92 Å². The molecule has 4 atom stereocenters. The van der Waals surface area contributed by atoms with Crippen molar-refractivity contribution in [1.82, 2.24) is 0 Å². The van der Waals surface area contributed by atoms with Crippen molar-refractivity contribution in [3.8, 4) is 0 Å². The standard InChI is InChI=1S/C26H39FO5/c1-4-7-22(9-6-17-27)24(28)16-11-18(2)19(3)21-14-12-20(13-15-21)8-5-10-23(25(29)30)26(31)32/h6-7,9,12,14-15,18-20,23-24,28H,4-5,8,10-11,13,16-17H2,1-3H3,(H,29,30)(H,31,32)/b9-6-,22-7+/t18-,19?,20?,24?/m1/s1.